The van der Waals surface area contributed by atoms with Gasteiger partial charge in [-0.3, -0.25) is 9.59 Å². The number of fused-ring (bicyclic) bond motifs is 5. The van der Waals surface area contributed by atoms with E-state index < -0.39 is 22.1 Å². The summed E-state index contributed by atoms with van der Waals surface area (Å²) in [5, 5.41) is 10.9. The summed E-state index contributed by atoms with van der Waals surface area (Å²) in [5.74, 6) is -0.334. The summed E-state index contributed by atoms with van der Waals surface area (Å²) >= 11 is 0. The molecular weight excluding hydrogens is 307 g/mol. The number of Topliss-reactive ketones (excluding diaryl/α,β-unsaturated/α-hetero) is 2. The van der Waals surface area contributed by atoms with Crippen molar-refractivity contribution in [1.82, 2.24) is 0 Å². The third kappa shape index (κ3) is 1.71. The van der Waals surface area contributed by atoms with Gasteiger partial charge < -0.3 is 5.11 Å². The van der Waals surface area contributed by atoms with Gasteiger partial charge >= 0.3 is 0 Å². The number of hydrogen-bond donors (Lipinski definition) is 1. The molecule has 4 fully saturated rings. The zero-order valence-electron chi connectivity index (χ0n) is 15.0. The fourth-order valence-electron chi connectivity index (χ4n) is 6.98. The molecule has 0 aromatic heterocycles. The van der Waals surface area contributed by atoms with E-state index in [1.165, 1.54) is 0 Å². The predicted molar refractivity (Wildman–Crippen MR) is 88.1 cm³/mol. The normalized spacial score (nSPS) is 57.3. The number of ketones is 2. The molecule has 0 amide bonds. The van der Waals surface area contributed by atoms with Crippen LogP contribution in [-0.4, -0.2) is 27.9 Å². The summed E-state index contributed by atoms with van der Waals surface area (Å²) in [6, 6.07) is 0. The van der Waals surface area contributed by atoms with Gasteiger partial charge in [-0.05, 0) is 50.9 Å². The topological polar surface area (TPSA) is 54.4 Å². The van der Waals surface area contributed by atoms with Crippen molar-refractivity contribution in [2.75, 3.05) is 0 Å². The lowest BCUT2D eigenvalue weighted by Gasteiger charge is -2.62. The van der Waals surface area contributed by atoms with Crippen molar-refractivity contribution in [3.63, 3.8) is 0 Å². The second-order valence-corrected chi connectivity index (χ2v) is 9.69. The molecule has 4 saturated carbocycles. The molecule has 134 valence electrons. The second kappa shape index (κ2) is 4.69. The van der Waals surface area contributed by atoms with Gasteiger partial charge in [0, 0.05) is 36.0 Å². The molecule has 0 bridgehead atoms. The van der Waals surface area contributed by atoms with Gasteiger partial charge in [0.1, 0.15) is 5.78 Å². The first-order valence-electron chi connectivity index (χ1n) is 9.52. The van der Waals surface area contributed by atoms with Crippen LogP contribution < -0.4 is 0 Å². The Morgan fingerprint density at radius 3 is 2.42 bits per heavy atom. The first-order chi connectivity index (χ1) is 11.1. The molecule has 4 aliphatic rings. The number of halogens is 1. The molecule has 4 aliphatic carbocycles. The van der Waals surface area contributed by atoms with Crippen molar-refractivity contribution < 1.29 is 19.1 Å². The first kappa shape index (κ1) is 16.7. The van der Waals surface area contributed by atoms with Gasteiger partial charge in [0.2, 0.25) is 0 Å². The van der Waals surface area contributed by atoms with Crippen LogP contribution in [-0.2, 0) is 9.59 Å². The van der Waals surface area contributed by atoms with Crippen LogP contribution in [0.2, 0.25) is 0 Å². The SMILES string of the molecule is C[C@]12CC(=O)[C@]3(F)[C@@H](CC[C@@H]4CC(=O)CC[C@]43C)[C@@H]1CC[C@@]2(C)O. The van der Waals surface area contributed by atoms with Crippen molar-refractivity contribution in [1.29, 1.82) is 0 Å². The average Bonchev–Trinajstić information content (AvgIpc) is 2.72. The van der Waals surface area contributed by atoms with Gasteiger partial charge in [0.05, 0.1) is 5.60 Å². The minimum Gasteiger partial charge on any atom is -0.390 e. The largest absolute Gasteiger partial charge is 0.390 e. The molecule has 0 unspecified atom stereocenters. The number of rotatable bonds is 0. The minimum absolute atomic E-state index is 0.00443. The third-order valence-electron chi connectivity index (χ3n) is 8.88. The molecule has 0 radical (unpaired) electrons. The Labute approximate surface area is 143 Å². The van der Waals surface area contributed by atoms with E-state index in [9.17, 15) is 14.7 Å². The summed E-state index contributed by atoms with van der Waals surface area (Å²) < 4.78 is 16.6. The minimum atomic E-state index is -1.82. The maximum Gasteiger partial charge on any atom is 0.177 e. The fraction of sp³-hybridized carbons (Fsp3) is 0.900. The van der Waals surface area contributed by atoms with Crippen LogP contribution in [0.5, 0.6) is 0 Å². The van der Waals surface area contributed by atoms with E-state index in [2.05, 4.69) is 0 Å². The summed E-state index contributed by atoms with van der Waals surface area (Å²) in [7, 11) is 0. The van der Waals surface area contributed by atoms with Crippen molar-refractivity contribution in [3.8, 4) is 0 Å². The van der Waals surface area contributed by atoms with E-state index in [0.717, 1.165) is 12.8 Å². The van der Waals surface area contributed by atoms with E-state index in [4.69, 9.17) is 0 Å². The maximum absolute atomic E-state index is 16.6. The van der Waals surface area contributed by atoms with E-state index >= 15 is 4.39 Å². The summed E-state index contributed by atoms with van der Waals surface area (Å²) in [4.78, 5) is 25.0. The molecule has 24 heavy (non-hydrogen) atoms. The highest BCUT2D eigenvalue weighted by atomic mass is 19.1. The van der Waals surface area contributed by atoms with Gasteiger partial charge in [-0.15, -0.1) is 0 Å². The van der Waals surface area contributed by atoms with Crippen molar-refractivity contribution in [2.24, 2.45) is 28.6 Å². The zero-order chi connectivity index (χ0) is 17.5. The van der Waals surface area contributed by atoms with Crippen LogP contribution in [0.1, 0.15) is 72.1 Å². The number of carbonyl (C=O) groups excluding carboxylic acids is 2. The molecule has 0 aliphatic heterocycles. The monoisotopic (exact) mass is 336 g/mol. The second-order valence-electron chi connectivity index (χ2n) is 9.69. The highest BCUT2D eigenvalue weighted by Gasteiger charge is 2.73. The molecule has 0 spiro atoms. The Morgan fingerprint density at radius 1 is 1.00 bits per heavy atom. The summed E-state index contributed by atoms with van der Waals surface area (Å²) in [6.07, 6.45) is 4.41. The van der Waals surface area contributed by atoms with E-state index in [0.29, 0.717) is 32.1 Å². The van der Waals surface area contributed by atoms with E-state index in [-0.39, 0.29) is 35.7 Å². The van der Waals surface area contributed by atoms with Crippen LogP contribution in [0.25, 0.3) is 0 Å². The molecule has 0 saturated heterocycles. The number of aliphatic hydroxyl groups is 1. The molecule has 1 N–H and O–H groups in total. The Morgan fingerprint density at radius 2 is 1.71 bits per heavy atom. The Bertz CT molecular complexity index is 614. The lowest BCUT2D eigenvalue weighted by atomic mass is 9.42. The molecular formula is C20H29FO3. The Kier molecular flexibility index (Phi) is 3.26. The van der Waals surface area contributed by atoms with Gasteiger partial charge in [-0.1, -0.05) is 13.8 Å². The van der Waals surface area contributed by atoms with Crippen molar-refractivity contribution in [2.45, 2.75) is 83.4 Å². The quantitative estimate of drug-likeness (QED) is 0.735. The number of alkyl halides is 1. The lowest BCUT2D eigenvalue weighted by Crippen LogP contribution is -2.68. The third-order valence-corrected chi connectivity index (χ3v) is 8.88. The predicted octanol–water partition coefficient (Wildman–Crippen LogP) is 3.62. The maximum atomic E-state index is 16.6. The van der Waals surface area contributed by atoms with Crippen LogP contribution in [0.15, 0.2) is 0 Å². The highest BCUT2D eigenvalue weighted by molar-refractivity contribution is 5.91. The molecule has 0 aromatic carbocycles. The van der Waals surface area contributed by atoms with Crippen molar-refractivity contribution in [3.05, 3.63) is 0 Å². The average molecular weight is 336 g/mol. The lowest BCUT2D eigenvalue weighted by molar-refractivity contribution is -0.205. The highest BCUT2D eigenvalue weighted by Crippen LogP contribution is 2.69. The standard InChI is InChI=1S/C20H29FO3/c1-17-8-6-13(22)10-12(17)4-5-15-14-7-9-19(3,24)18(14,2)11-16(23)20(15,17)21/h12,14-15,24H,4-11H2,1-3H3/t12-,14+,15+,17-,18+,19-,20-/m1/s1. The van der Waals surface area contributed by atoms with Crippen molar-refractivity contribution >= 4 is 11.6 Å². The molecule has 7 atom stereocenters. The summed E-state index contributed by atoms with van der Waals surface area (Å²) in [6.45, 7) is 5.73. The molecule has 3 nitrogen and oxygen atoms in total. The number of carbonyl (C=O) groups is 2. The molecule has 0 heterocycles. The van der Waals surface area contributed by atoms with Gasteiger partial charge in [0.15, 0.2) is 11.5 Å². The van der Waals surface area contributed by atoms with E-state index in [1.807, 2.05) is 20.8 Å². The van der Waals surface area contributed by atoms with Gasteiger partial charge in [-0.25, -0.2) is 4.39 Å². The van der Waals surface area contributed by atoms with Crippen LogP contribution in [0.3, 0.4) is 0 Å². The van der Waals surface area contributed by atoms with Crippen LogP contribution in [0, 0.1) is 28.6 Å². The first-order valence-corrected chi connectivity index (χ1v) is 9.52. The zero-order valence-corrected chi connectivity index (χ0v) is 15.0. The smallest absolute Gasteiger partial charge is 0.177 e. The molecule has 4 heteroatoms. The Hall–Kier alpha value is -0.770. The molecule has 0 aromatic rings. The van der Waals surface area contributed by atoms with Gasteiger partial charge in [0.25, 0.3) is 0 Å². The van der Waals surface area contributed by atoms with Crippen LogP contribution >= 0.6 is 0 Å². The Balaban J connectivity index is 1.79. The van der Waals surface area contributed by atoms with E-state index in [1.54, 1.807) is 0 Å². The summed E-state index contributed by atoms with van der Waals surface area (Å²) in [5.41, 5.74) is -3.94. The number of hydrogen-bond acceptors (Lipinski definition) is 3. The van der Waals surface area contributed by atoms with Gasteiger partial charge in [-0.2, -0.15) is 0 Å². The fourth-order valence-corrected chi connectivity index (χ4v) is 6.98. The molecule has 4 rings (SSSR count). The van der Waals surface area contributed by atoms with Crippen LogP contribution in [0.4, 0.5) is 4.39 Å².